The van der Waals surface area contributed by atoms with Crippen molar-refractivity contribution in [2.75, 3.05) is 0 Å². The number of carbonyl (C=O) groups is 1. The van der Waals surface area contributed by atoms with Crippen molar-refractivity contribution in [3.05, 3.63) is 35.1 Å². The number of aliphatic hydroxyl groups is 1. The van der Waals surface area contributed by atoms with Gasteiger partial charge in [0.15, 0.2) is 17.7 Å². The molecule has 0 aromatic heterocycles. The van der Waals surface area contributed by atoms with Crippen LogP contribution < -0.4 is 0 Å². The van der Waals surface area contributed by atoms with Crippen LogP contribution in [-0.4, -0.2) is 22.1 Å². The third-order valence-corrected chi connectivity index (χ3v) is 1.96. The third-order valence-electron chi connectivity index (χ3n) is 1.96. The highest BCUT2D eigenvalue weighted by Crippen LogP contribution is 2.33. The molecule has 0 aliphatic heterocycles. The van der Waals surface area contributed by atoms with E-state index in [-0.39, 0.29) is 12.1 Å². The van der Waals surface area contributed by atoms with Crippen molar-refractivity contribution in [1.29, 1.82) is 0 Å². The topological polar surface area (TPSA) is 57.5 Å². The normalized spacial score (nSPS) is 13.5. The van der Waals surface area contributed by atoms with Crippen molar-refractivity contribution >= 4 is 5.97 Å². The number of halogens is 5. The minimum atomic E-state index is -4.72. The molecule has 1 atom stereocenters. The SMILES string of the molecule is O=C(O)C(F)(F)C(O)c1cc(F)c(F)cc1F. The molecule has 1 aromatic rings. The lowest BCUT2D eigenvalue weighted by Crippen LogP contribution is -2.36. The quantitative estimate of drug-likeness (QED) is 0.641. The predicted octanol–water partition coefficient (Wildman–Crippen LogP) is 1.86. The summed E-state index contributed by atoms with van der Waals surface area (Å²) in [5, 5.41) is 17.0. The molecule has 8 heteroatoms. The van der Waals surface area contributed by atoms with Crippen LogP contribution in [0.5, 0.6) is 0 Å². The van der Waals surface area contributed by atoms with Crippen LogP contribution in [0.4, 0.5) is 22.0 Å². The molecule has 17 heavy (non-hydrogen) atoms. The lowest BCUT2D eigenvalue weighted by molar-refractivity contribution is -0.183. The van der Waals surface area contributed by atoms with Gasteiger partial charge < -0.3 is 10.2 Å². The maximum Gasteiger partial charge on any atom is 0.377 e. The van der Waals surface area contributed by atoms with E-state index < -0.39 is 41.0 Å². The molecule has 0 heterocycles. The maximum atomic E-state index is 13.0. The fourth-order valence-corrected chi connectivity index (χ4v) is 1.06. The molecule has 0 aliphatic rings. The van der Waals surface area contributed by atoms with Crippen molar-refractivity contribution < 1.29 is 37.0 Å². The summed E-state index contributed by atoms with van der Waals surface area (Å²) >= 11 is 0. The van der Waals surface area contributed by atoms with Crippen molar-refractivity contribution in [2.24, 2.45) is 0 Å². The van der Waals surface area contributed by atoms with Gasteiger partial charge in [-0.25, -0.2) is 18.0 Å². The zero-order valence-corrected chi connectivity index (χ0v) is 7.92. The van der Waals surface area contributed by atoms with E-state index in [0.717, 1.165) is 0 Å². The van der Waals surface area contributed by atoms with Crippen LogP contribution in [0.25, 0.3) is 0 Å². The number of hydrogen-bond donors (Lipinski definition) is 2. The Morgan fingerprint density at radius 1 is 1.12 bits per heavy atom. The molecule has 0 aliphatic carbocycles. The van der Waals surface area contributed by atoms with E-state index in [2.05, 4.69) is 0 Å². The Balaban J connectivity index is 3.26. The fraction of sp³-hybridized carbons (Fsp3) is 0.222. The first kappa shape index (κ1) is 13.4. The number of aliphatic hydroxyl groups excluding tert-OH is 1. The van der Waals surface area contributed by atoms with Crippen LogP contribution in [0.2, 0.25) is 0 Å². The van der Waals surface area contributed by atoms with Crippen LogP contribution in [0.3, 0.4) is 0 Å². The van der Waals surface area contributed by atoms with Crippen molar-refractivity contribution in [1.82, 2.24) is 0 Å². The lowest BCUT2D eigenvalue weighted by Gasteiger charge is -2.19. The van der Waals surface area contributed by atoms with Crippen molar-refractivity contribution in [3.63, 3.8) is 0 Å². The van der Waals surface area contributed by atoms with Gasteiger partial charge in [0.2, 0.25) is 0 Å². The molecular weight excluding hydrogens is 251 g/mol. The molecular formula is C9H5F5O3. The van der Waals surface area contributed by atoms with Crippen LogP contribution in [0, 0.1) is 17.5 Å². The summed E-state index contributed by atoms with van der Waals surface area (Å²) in [7, 11) is 0. The summed E-state index contributed by atoms with van der Waals surface area (Å²) in [5.74, 6) is -12.4. The number of alkyl halides is 2. The minimum Gasteiger partial charge on any atom is -0.477 e. The first-order valence-electron chi connectivity index (χ1n) is 4.11. The molecule has 0 radical (unpaired) electrons. The van der Waals surface area contributed by atoms with E-state index >= 15 is 0 Å². The molecule has 0 amide bonds. The smallest absolute Gasteiger partial charge is 0.377 e. The van der Waals surface area contributed by atoms with E-state index in [1.807, 2.05) is 0 Å². The zero-order chi connectivity index (χ0) is 13.4. The summed E-state index contributed by atoms with van der Waals surface area (Å²) in [6.07, 6.45) is -3.12. The summed E-state index contributed by atoms with van der Waals surface area (Å²) in [4.78, 5) is 10.1. The molecule has 2 N–H and O–H groups in total. The summed E-state index contributed by atoms with van der Waals surface area (Å²) in [6.45, 7) is 0. The fourth-order valence-electron chi connectivity index (χ4n) is 1.06. The Bertz CT molecular complexity index is 460. The first-order valence-corrected chi connectivity index (χ1v) is 4.11. The molecule has 3 nitrogen and oxygen atoms in total. The van der Waals surface area contributed by atoms with Gasteiger partial charge in [0.25, 0.3) is 0 Å². The molecule has 94 valence electrons. The molecule has 0 spiro atoms. The van der Waals surface area contributed by atoms with Gasteiger partial charge in [0, 0.05) is 11.6 Å². The Labute approximate surface area is 91.1 Å². The highest BCUT2D eigenvalue weighted by Gasteiger charge is 2.48. The van der Waals surface area contributed by atoms with Gasteiger partial charge in [0.1, 0.15) is 5.82 Å². The van der Waals surface area contributed by atoms with Gasteiger partial charge >= 0.3 is 11.9 Å². The Morgan fingerprint density at radius 2 is 1.59 bits per heavy atom. The van der Waals surface area contributed by atoms with Gasteiger partial charge in [-0.3, -0.25) is 0 Å². The summed E-state index contributed by atoms with van der Waals surface area (Å²) in [5.41, 5.74) is -1.34. The summed E-state index contributed by atoms with van der Waals surface area (Å²) < 4.78 is 63.7. The highest BCUT2D eigenvalue weighted by atomic mass is 19.3. The molecule has 1 aromatic carbocycles. The molecule has 0 fully saturated rings. The average Bonchev–Trinajstić information content (AvgIpc) is 2.22. The van der Waals surface area contributed by atoms with E-state index in [0.29, 0.717) is 0 Å². The van der Waals surface area contributed by atoms with Crippen LogP contribution in [0.1, 0.15) is 11.7 Å². The number of hydrogen-bond acceptors (Lipinski definition) is 2. The molecule has 0 saturated carbocycles. The van der Waals surface area contributed by atoms with Crippen molar-refractivity contribution in [3.8, 4) is 0 Å². The second-order valence-corrected chi connectivity index (χ2v) is 3.12. The molecule has 1 unspecified atom stereocenters. The zero-order valence-electron chi connectivity index (χ0n) is 7.92. The monoisotopic (exact) mass is 256 g/mol. The standard InChI is InChI=1S/C9H5F5O3/c10-4-2-6(12)5(11)1-3(4)7(15)9(13,14)8(16)17/h1-2,7,15H,(H,16,17). The molecule has 0 bridgehead atoms. The number of benzene rings is 1. The predicted molar refractivity (Wildman–Crippen MR) is 43.9 cm³/mol. The Kier molecular flexibility index (Phi) is 3.37. The van der Waals surface area contributed by atoms with Crippen LogP contribution >= 0.6 is 0 Å². The largest absolute Gasteiger partial charge is 0.477 e. The molecule has 1 rings (SSSR count). The van der Waals surface area contributed by atoms with Gasteiger partial charge in [-0.2, -0.15) is 8.78 Å². The van der Waals surface area contributed by atoms with Crippen LogP contribution in [-0.2, 0) is 4.79 Å². The lowest BCUT2D eigenvalue weighted by atomic mass is 10.0. The van der Waals surface area contributed by atoms with Gasteiger partial charge in [-0.05, 0) is 6.07 Å². The first-order chi connectivity index (χ1) is 7.67. The Morgan fingerprint density at radius 3 is 2.06 bits per heavy atom. The summed E-state index contributed by atoms with van der Waals surface area (Å²) in [6, 6.07) is -0.0853. The van der Waals surface area contributed by atoms with E-state index in [4.69, 9.17) is 10.2 Å². The average molecular weight is 256 g/mol. The third kappa shape index (κ3) is 2.36. The van der Waals surface area contributed by atoms with Crippen molar-refractivity contribution in [2.45, 2.75) is 12.0 Å². The van der Waals surface area contributed by atoms with Gasteiger partial charge in [-0.15, -0.1) is 0 Å². The molecule has 0 saturated heterocycles. The second-order valence-electron chi connectivity index (χ2n) is 3.12. The van der Waals surface area contributed by atoms with E-state index in [9.17, 15) is 26.7 Å². The minimum absolute atomic E-state index is 0.0216. The highest BCUT2D eigenvalue weighted by molar-refractivity contribution is 5.76. The van der Waals surface area contributed by atoms with E-state index in [1.54, 1.807) is 0 Å². The number of aliphatic carboxylic acids is 1. The van der Waals surface area contributed by atoms with Crippen LogP contribution in [0.15, 0.2) is 12.1 Å². The number of carboxylic acids is 1. The second kappa shape index (κ2) is 4.28. The maximum absolute atomic E-state index is 13.0. The number of rotatable bonds is 3. The van der Waals surface area contributed by atoms with E-state index in [1.165, 1.54) is 0 Å². The van der Waals surface area contributed by atoms with Gasteiger partial charge in [-0.1, -0.05) is 0 Å². The number of carboxylic acid groups (broad SMARTS) is 1. The Hall–Kier alpha value is -1.70. The van der Waals surface area contributed by atoms with Gasteiger partial charge in [0.05, 0.1) is 0 Å².